The molecule has 3 nitrogen and oxygen atoms in total. The molecule has 0 bridgehead atoms. The molecule has 0 saturated carbocycles. The van der Waals surface area contributed by atoms with E-state index >= 15 is 0 Å². The van der Waals surface area contributed by atoms with Gasteiger partial charge in [0.1, 0.15) is 5.75 Å². The summed E-state index contributed by atoms with van der Waals surface area (Å²) in [5, 5.41) is 0. The first-order valence-corrected chi connectivity index (χ1v) is 7.00. The highest BCUT2D eigenvalue weighted by Gasteiger charge is 2.44. The summed E-state index contributed by atoms with van der Waals surface area (Å²) in [4.78, 5) is 2.43. The Balaban J connectivity index is 2.43. The van der Waals surface area contributed by atoms with Crippen molar-refractivity contribution in [2.24, 2.45) is 5.73 Å². The summed E-state index contributed by atoms with van der Waals surface area (Å²) < 4.78 is 5.55. The van der Waals surface area contributed by atoms with Gasteiger partial charge in [0.05, 0.1) is 7.11 Å². The van der Waals surface area contributed by atoms with Crippen LogP contribution in [0.15, 0.2) is 24.3 Å². The number of methoxy groups -OCH3 is 1. The number of nitrogens with two attached hydrogens (primary N) is 1. The average Bonchev–Trinajstić information content (AvgIpc) is 2.42. The number of rotatable bonds is 3. The summed E-state index contributed by atoms with van der Waals surface area (Å²) in [5.41, 5.74) is 7.65. The monoisotopic (exact) mass is 262 g/mol. The van der Waals surface area contributed by atoms with Crippen LogP contribution >= 0.6 is 0 Å². The van der Waals surface area contributed by atoms with Crippen LogP contribution in [0.2, 0.25) is 0 Å². The molecule has 0 aliphatic carbocycles. The van der Waals surface area contributed by atoms with Crippen molar-refractivity contribution >= 4 is 0 Å². The third kappa shape index (κ3) is 2.49. The molecule has 3 heteroatoms. The number of likely N-dealkylation sites (tertiary alicyclic amines) is 1. The molecule has 1 aliphatic heterocycles. The molecule has 1 heterocycles. The number of piperidine rings is 1. The Morgan fingerprint density at radius 2 is 2.00 bits per heavy atom. The van der Waals surface area contributed by atoms with Crippen molar-refractivity contribution < 1.29 is 4.74 Å². The van der Waals surface area contributed by atoms with Crippen LogP contribution in [0.3, 0.4) is 0 Å². The van der Waals surface area contributed by atoms with Gasteiger partial charge in [-0.3, -0.25) is 0 Å². The molecule has 1 atom stereocenters. The van der Waals surface area contributed by atoms with Crippen molar-refractivity contribution in [2.75, 3.05) is 27.2 Å². The molecule has 0 spiro atoms. The predicted octanol–water partition coefficient (Wildman–Crippen LogP) is 2.40. The summed E-state index contributed by atoms with van der Waals surface area (Å²) in [6.07, 6.45) is 2.15. The molecular formula is C16H26N2O. The lowest BCUT2D eigenvalue weighted by Crippen LogP contribution is -2.55. The third-order valence-electron chi connectivity index (χ3n) is 4.80. The molecule has 0 radical (unpaired) electrons. The summed E-state index contributed by atoms with van der Waals surface area (Å²) in [6, 6.07) is 8.32. The van der Waals surface area contributed by atoms with E-state index in [4.69, 9.17) is 10.5 Å². The second-order valence-corrected chi connectivity index (χ2v) is 6.35. The molecule has 1 unspecified atom stereocenters. The Labute approximate surface area is 116 Å². The maximum absolute atomic E-state index is 6.19. The first-order valence-electron chi connectivity index (χ1n) is 7.00. The number of hydrogen-bond donors (Lipinski definition) is 1. The lowest BCUT2D eigenvalue weighted by molar-refractivity contribution is 0.0558. The number of para-hydroxylation sites is 1. The van der Waals surface area contributed by atoms with Gasteiger partial charge in [-0.05, 0) is 46.3 Å². The molecule has 1 fully saturated rings. The van der Waals surface area contributed by atoms with E-state index < -0.39 is 0 Å². The second-order valence-electron chi connectivity index (χ2n) is 6.35. The minimum Gasteiger partial charge on any atom is -0.496 e. The highest BCUT2D eigenvalue weighted by molar-refractivity contribution is 5.41. The molecule has 2 N–H and O–H groups in total. The minimum absolute atomic E-state index is 0.0304. The Morgan fingerprint density at radius 1 is 1.32 bits per heavy atom. The molecular weight excluding hydrogens is 236 g/mol. The molecule has 1 aromatic rings. The number of ether oxygens (including phenoxy) is 1. The summed E-state index contributed by atoms with van der Waals surface area (Å²) in [6.45, 7) is 6.34. The van der Waals surface area contributed by atoms with Crippen molar-refractivity contribution in [1.29, 1.82) is 0 Å². The maximum atomic E-state index is 6.19. The average molecular weight is 262 g/mol. The Hall–Kier alpha value is -1.06. The van der Waals surface area contributed by atoms with E-state index in [1.165, 1.54) is 5.56 Å². The largest absolute Gasteiger partial charge is 0.496 e. The number of nitrogens with zero attached hydrogens (tertiary/aromatic N) is 1. The molecule has 0 aromatic heterocycles. The van der Waals surface area contributed by atoms with Crippen molar-refractivity contribution in [3.63, 3.8) is 0 Å². The summed E-state index contributed by atoms with van der Waals surface area (Å²) in [5.74, 6) is 0.966. The van der Waals surface area contributed by atoms with Gasteiger partial charge in [0.15, 0.2) is 0 Å². The normalized spacial score (nSPS) is 27.2. The maximum Gasteiger partial charge on any atom is 0.122 e. The summed E-state index contributed by atoms with van der Waals surface area (Å²) in [7, 11) is 3.94. The van der Waals surface area contributed by atoms with E-state index in [2.05, 4.69) is 37.9 Å². The highest BCUT2D eigenvalue weighted by atomic mass is 16.5. The third-order valence-corrected chi connectivity index (χ3v) is 4.80. The quantitative estimate of drug-likeness (QED) is 0.909. The van der Waals surface area contributed by atoms with Gasteiger partial charge in [-0.2, -0.15) is 0 Å². The van der Waals surface area contributed by atoms with Gasteiger partial charge in [-0.25, -0.2) is 0 Å². The molecule has 1 saturated heterocycles. The van der Waals surface area contributed by atoms with Crippen LogP contribution in [-0.4, -0.2) is 37.7 Å². The van der Waals surface area contributed by atoms with Gasteiger partial charge in [0, 0.05) is 23.1 Å². The highest BCUT2D eigenvalue weighted by Crippen LogP contribution is 2.44. The smallest absolute Gasteiger partial charge is 0.122 e. The van der Waals surface area contributed by atoms with Crippen molar-refractivity contribution in [1.82, 2.24) is 4.90 Å². The molecule has 106 valence electrons. The minimum atomic E-state index is 0.0304. The lowest BCUT2D eigenvalue weighted by Gasteiger charge is -2.50. The Kier molecular flexibility index (Phi) is 3.88. The van der Waals surface area contributed by atoms with Gasteiger partial charge >= 0.3 is 0 Å². The van der Waals surface area contributed by atoms with E-state index in [0.717, 1.165) is 25.1 Å². The predicted molar refractivity (Wildman–Crippen MR) is 79.7 cm³/mol. The first kappa shape index (κ1) is 14.4. The zero-order chi connectivity index (χ0) is 14.1. The van der Waals surface area contributed by atoms with E-state index in [-0.39, 0.29) is 11.0 Å². The van der Waals surface area contributed by atoms with E-state index in [1.807, 2.05) is 12.1 Å². The summed E-state index contributed by atoms with van der Waals surface area (Å²) >= 11 is 0. The molecule has 1 aliphatic rings. The van der Waals surface area contributed by atoms with Gasteiger partial charge in [0.2, 0.25) is 0 Å². The van der Waals surface area contributed by atoms with Crippen molar-refractivity contribution in [3.8, 4) is 5.75 Å². The Morgan fingerprint density at radius 3 is 2.58 bits per heavy atom. The van der Waals surface area contributed by atoms with E-state index in [0.29, 0.717) is 6.54 Å². The van der Waals surface area contributed by atoms with Crippen LogP contribution in [0.25, 0.3) is 0 Å². The first-order chi connectivity index (χ1) is 8.95. The van der Waals surface area contributed by atoms with Crippen LogP contribution in [0.1, 0.15) is 32.3 Å². The zero-order valence-corrected chi connectivity index (χ0v) is 12.6. The topological polar surface area (TPSA) is 38.5 Å². The fraction of sp³-hybridized carbons (Fsp3) is 0.625. The molecule has 19 heavy (non-hydrogen) atoms. The van der Waals surface area contributed by atoms with Gasteiger partial charge in [0.25, 0.3) is 0 Å². The molecule has 2 rings (SSSR count). The van der Waals surface area contributed by atoms with Crippen LogP contribution in [0, 0.1) is 0 Å². The molecule has 0 amide bonds. The number of benzene rings is 1. The van der Waals surface area contributed by atoms with Crippen LogP contribution in [0.5, 0.6) is 5.75 Å². The van der Waals surface area contributed by atoms with Crippen LogP contribution in [-0.2, 0) is 5.41 Å². The van der Waals surface area contributed by atoms with Crippen LogP contribution < -0.4 is 10.5 Å². The molecule has 1 aromatic carbocycles. The van der Waals surface area contributed by atoms with E-state index in [1.54, 1.807) is 7.11 Å². The second kappa shape index (κ2) is 5.14. The SMILES string of the molecule is COc1ccccc1C1(CN)CCN(C)C(C)(C)C1. The van der Waals surface area contributed by atoms with Gasteiger partial charge < -0.3 is 15.4 Å². The van der Waals surface area contributed by atoms with Crippen molar-refractivity contribution in [3.05, 3.63) is 29.8 Å². The van der Waals surface area contributed by atoms with Gasteiger partial charge in [-0.15, -0.1) is 0 Å². The van der Waals surface area contributed by atoms with Crippen LogP contribution in [0.4, 0.5) is 0 Å². The van der Waals surface area contributed by atoms with Crippen molar-refractivity contribution in [2.45, 2.75) is 37.6 Å². The standard InChI is InChI=1S/C16H26N2O/c1-15(2)11-16(12-17,9-10-18(15)3)13-7-5-6-8-14(13)19-4/h5-8H,9-12,17H2,1-4H3. The van der Waals surface area contributed by atoms with Gasteiger partial charge in [-0.1, -0.05) is 18.2 Å². The Bertz CT molecular complexity index is 444. The lowest BCUT2D eigenvalue weighted by atomic mass is 9.66. The van der Waals surface area contributed by atoms with E-state index in [9.17, 15) is 0 Å². The fourth-order valence-corrected chi connectivity index (χ4v) is 3.33. The number of hydrogen-bond acceptors (Lipinski definition) is 3. The fourth-order valence-electron chi connectivity index (χ4n) is 3.33. The zero-order valence-electron chi connectivity index (χ0n) is 12.6.